The molecule has 1 unspecified atom stereocenters. The zero-order chi connectivity index (χ0) is 19.3. The van der Waals surface area contributed by atoms with Crippen LogP contribution in [0.15, 0.2) is 54.7 Å². The number of carbonyl (C=O) groups is 1. The van der Waals surface area contributed by atoms with Crippen LogP contribution in [0.4, 0.5) is 5.69 Å². The van der Waals surface area contributed by atoms with E-state index in [0.717, 1.165) is 54.5 Å². The molecule has 0 aliphatic carbocycles. The van der Waals surface area contributed by atoms with E-state index < -0.39 is 0 Å². The highest BCUT2D eigenvalue weighted by atomic mass is 16.1. The number of amides is 1. The van der Waals surface area contributed by atoms with Gasteiger partial charge in [-0.1, -0.05) is 35.5 Å². The van der Waals surface area contributed by atoms with E-state index in [4.69, 9.17) is 0 Å². The zero-order valence-corrected chi connectivity index (χ0v) is 16.1. The Balaban J connectivity index is 1.48. The molecule has 1 aliphatic rings. The van der Waals surface area contributed by atoms with Crippen molar-refractivity contribution in [1.82, 2.24) is 20.3 Å². The first-order valence-corrected chi connectivity index (χ1v) is 9.77. The summed E-state index contributed by atoms with van der Waals surface area (Å²) in [6, 6.07) is 15.3. The van der Waals surface area contributed by atoms with E-state index in [9.17, 15) is 4.79 Å². The van der Waals surface area contributed by atoms with E-state index >= 15 is 0 Å². The summed E-state index contributed by atoms with van der Waals surface area (Å²) in [6.45, 7) is 5.02. The Labute approximate surface area is 165 Å². The van der Waals surface area contributed by atoms with Crippen molar-refractivity contribution >= 4 is 11.6 Å². The maximum Gasteiger partial charge on any atom is 0.255 e. The van der Waals surface area contributed by atoms with Crippen molar-refractivity contribution in [2.75, 3.05) is 18.4 Å². The largest absolute Gasteiger partial charge is 0.322 e. The molecule has 6 nitrogen and oxygen atoms in total. The summed E-state index contributed by atoms with van der Waals surface area (Å²) in [5, 5.41) is 14.9. The van der Waals surface area contributed by atoms with E-state index in [1.807, 2.05) is 66.3 Å². The van der Waals surface area contributed by atoms with Crippen LogP contribution < -0.4 is 10.6 Å². The van der Waals surface area contributed by atoms with Gasteiger partial charge in [-0.15, -0.1) is 5.10 Å². The summed E-state index contributed by atoms with van der Waals surface area (Å²) in [5.41, 5.74) is 4.05. The second kappa shape index (κ2) is 8.35. The van der Waals surface area contributed by atoms with E-state index in [-0.39, 0.29) is 5.91 Å². The van der Waals surface area contributed by atoms with Gasteiger partial charge >= 0.3 is 0 Å². The lowest BCUT2D eigenvalue weighted by Gasteiger charge is -2.09. The highest BCUT2D eigenvalue weighted by Crippen LogP contribution is 2.22. The number of nitrogens with one attached hydrogen (secondary N) is 2. The molecule has 1 aromatic heterocycles. The van der Waals surface area contributed by atoms with E-state index in [1.54, 1.807) is 0 Å². The smallest absolute Gasteiger partial charge is 0.255 e. The van der Waals surface area contributed by atoms with Gasteiger partial charge in [-0.05, 0) is 62.5 Å². The molecular formula is C22H25N5O. The molecule has 2 heterocycles. The Kier molecular flexibility index (Phi) is 5.48. The van der Waals surface area contributed by atoms with Crippen molar-refractivity contribution in [3.05, 3.63) is 65.9 Å². The number of carbonyl (C=O) groups excluding carboxylic acids is 1. The average molecular weight is 375 g/mol. The number of aryl methyl sites for hydroxylation is 2. The number of hydrogen-bond donors (Lipinski definition) is 2. The molecule has 144 valence electrons. The fraction of sp³-hybridized carbons (Fsp3) is 0.318. The molecule has 0 spiro atoms. The first-order chi connectivity index (χ1) is 13.7. The Bertz CT molecular complexity index is 945. The number of anilines is 1. The summed E-state index contributed by atoms with van der Waals surface area (Å²) in [5.74, 6) is 0.604. The lowest BCUT2D eigenvalue weighted by molar-refractivity contribution is 0.102. The third kappa shape index (κ3) is 4.28. The summed E-state index contributed by atoms with van der Waals surface area (Å²) < 4.78 is 1.90. The number of aromatic nitrogens is 3. The molecule has 2 aromatic carbocycles. The minimum Gasteiger partial charge on any atom is -0.322 e. The summed E-state index contributed by atoms with van der Waals surface area (Å²) >= 11 is 0. The van der Waals surface area contributed by atoms with Gasteiger partial charge in [-0.3, -0.25) is 9.48 Å². The van der Waals surface area contributed by atoms with Crippen LogP contribution in [-0.2, 0) is 6.54 Å². The SMILES string of the molecule is Cc1ccc(-c2cn(CCC3CCNC3)nn2)cc1C(=O)Nc1ccccc1. The maximum absolute atomic E-state index is 12.7. The summed E-state index contributed by atoms with van der Waals surface area (Å²) in [7, 11) is 0. The first kappa shape index (κ1) is 18.4. The summed E-state index contributed by atoms with van der Waals surface area (Å²) in [6.07, 6.45) is 4.31. The predicted octanol–water partition coefficient (Wildman–Crippen LogP) is 3.51. The number of benzene rings is 2. The molecule has 6 heteroatoms. The van der Waals surface area contributed by atoms with Gasteiger partial charge in [0.15, 0.2) is 0 Å². The molecule has 1 saturated heterocycles. The fourth-order valence-electron chi connectivity index (χ4n) is 3.56. The molecule has 1 fully saturated rings. The number of para-hydroxylation sites is 1. The molecule has 4 rings (SSSR count). The summed E-state index contributed by atoms with van der Waals surface area (Å²) in [4.78, 5) is 12.7. The van der Waals surface area contributed by atoms with Gasteiger partial charge in [0.2, 0.25) is 0 Å². The standard InChI is InChI=1S/C22H25N5O/c1-16-7-8-18(13-20(16)22(28)24-19-5-3-2-4-6-19)21-15-27(26-25-21)12-10-17-9-11-23-14-17/h2-8,13,15,17,23H,9-12,14H2,1H3,(H,24,28). The zero-order valence-electron chi connectivity index (χ0n) is 16.1. The van der Waals surface area contributed by atoms with Crippen LogP contribution >= 0.6 is 0 Å². The molecule has 3 aromatic rings. The van der Waals surface area contributed by atoms with Crippen LogP contribution in [0, 0.1) is 12.8 Å². The third-order valence-corrected chi connectivity index (χ3v) is 5.28. The Morgan fingerprint density at radius 1 is 1.25 bits per heavy atom. The topological polar surface area (TPSA) is 71.8 Å². The average Bonchev–Trinajstić information content (AvgIpc) is 3.39. The van der Waals surface area contributed by atoms with Crippen LogP contribution in [0.2, 0.25) is 0 Å². The van der Waals surface area contributed by atoms with E-state index in [2.05, 4.69) is 20.9 Å². The van der Waals surface area contributed by atoms with Crippen LogP contribution in [0.3, 0.4) is 0 Å². The van der Waals surface area contributed by atoms with Crippen molar-refractivity contribution in [1.29, 1.82) is 0 Å². The first-order valence-electron chi connectivity index (χ1n) is 9.77. The molecule has 0 bridgehead atoms. The fourth-order valence-corrected chi connectivity index (χ4v) is 3.56. The number of rotatable bonds is 6. The molecule has 0 saturated carbocycles. The Hall–Kier alpha value is -2.99. The van der Waals surface area contributed by atoms with Gasteiger partial charge in [0, 0.05) is 23.4 Å². The molecule has 1 atom stereocenters. The molecular weight excluding hydrogens is 350 g/mol. The minimum atomic E-state index is -0.119. The van der Waals surface area contributed by atoms with Crippen molar-refractivity contribution in [3.63, 3.8) is 0 Å². The van der Waals surface area contributed by atoms with Gasteiger partial charge < -0.3 is 10.6 Å². The maximum atomic E-state index is 12.7. The highest BCUT2D eigenvalue weighted by molar-refractivity contribution is 6.05. The van der Waals surface area contributed by atoms with Crippen LogP contribution in [-0.4, -0.2) is 34.0 Å². The molecule has 28 heavy (non-hydrogen) atoms. The monoisotopic (exact) mass is 375 g/mol. The number of hydrogen-bond acceptors (Lipinski definition) is 4. The predicted molar refractivity (Wildman–Crippen MR) is 110 cm³/mol. The quantitative estimate of drug-likeness (QED) is 0.692. The van der Waals surface area contributed by atoms with Crippen LogP contribution in [0.25, 0.3) is 11.3 Å². The second-order valence-electron chi connectivity index (χ2n) is 7.36. The van der Waals surface area contributed by atoms with Gasteiger partial charge in [-0.25, -0.2) is 0 Å². The van der Waals surface area contributed by atoms with Crippen molar-refractivity contribution in [2.24, 2.45) is 5.92 Å². The van der Waals surface area contributed by atoms with E-state index in [0.29, 0.717) is 5.56 Å². The lowest BCUT2D eigenvalue weighted by Crippen LogP contribution is -2.13. The molecule has 2 N–H and O–H groups in total. The molecule has 1 amide bonds. The van der Waals surface area contributed by atoms with Gasteiger partial charge in [-0.2, -0.15) is 0 Å². The normalized spacial score (nSPS) is 16.2. The van der Waals surface area contributed by atoms with Gasteiger partial charge in [0.25, 0.3) is 5.91 Å². The van der Waals surface area contributed by atoms with Gasteiger partial charge in [0.05, 0.1) is 6.20 Å². The third-order valence-electron chi connectivity index (χ3n) is 5.28. The lowest BCUT2D eigenvalue weighted by atomic mass is 10.0. The van der Waals surface area contributed by atoms with Crippen molar-refractivity contribution < 1.29 is 4.79 Å². The van der Waals surface area contributed by atoms with Crippen LogP contribution in [0.5, 0.6) is 0 Å². The minimum absolute atomic E-state index is 0.119. The van der Waals surface area contributed by atoms with Crippen molar-refractivity contribution in [2.45, 2.75) is 26.3 Å². The molecule has 1 aliphatic heterocycles. The number of nitrogens with zero attached hydrogens (tertiary/aromatic N) is 3. The molecule has 0 radical (unpaired) electrons. The van der Waals surface area contributed by atoms with E-state index in [1.165, 1.54) is 6.42 Å². The van der Waals surface area contributed by atoms with Crippen LogP contribution in [0.1, 0.15) is 28.8 Å². The van der Waals surface area contributed by atoms with Crippen molar-refractivity contribution in [3.8, 4) is 11.3 Å². The Morgan fingerprint density at radius 2 is 2.11 bits per heavy atom. The second-order valence-corrected chi connectivity index (χ2v) is 7.36. The van der Waals surface area contributed by atoms with Gasteiger partial charge in [0.1, 0.15) is 5.69 Å². The highest BCUT2D eigenvalue weighted by Gasteiger charge is 2.15. The Morgan fingerprint density at radius 3 is 2.89 bits per heavy atom.